The highest BCUT2D eigenvalue weighted by molar-refractivity contribution is 5.85. The predicted octanol–water partition coefficient (Wildman–Crippen LogP) is 3.81. The lowest BCUT2D eigenvalue weighted by Gasteiger charge is -2.41. The molecule has 0 saturated carbocycles. The van der Waals surface area contributed by atoms with E-state index in [0.29, 0.717) is 12.5 Å². The maximum atomic E-state index is 10.9. The number of carbonyl (C=O) groups is 1. The standard InChI is InChI=1S/C26H34N2O4.ClH/c1-30-23-9-8-21-22(26(23)31-2)16-24(32-25(21)17-27-18-29)20-11-14-28(15-12-20)13-10-19-6-4-3-5-7-19;/h3-9,18,20,24-25H,10-17H2,1-2H3,(H,27,29);1H/t24-,25-;/m1./s1. The summed E-state index contributed by atoms with van der Waals surface area (Å²) < 4.78 is 17.8. The van der Waals surface area contributed by atoms with Gasteiger partial charge in [-0.05, 0) is 55.5 Å². The van der Waals surface area contributed by atoms with Gasteiger partial charge in [-0.1, -0.05) is 36.4 Å². The number of halogens is 1. The van der Waals surface area contributed by atoms with Gasteiger partial charge in [0.25, 0.3) is 0 Å². The molecule has 0 radical (unpaired) electrons. The molecule has 4 rings (SSSR count). The molecule has 33 heavy (non-hydrogen) atoms. The molecular weight excluding hydrogens is 440 g/mol. The Kier molecular flexibility index (Phi) is 9.41. The quantitative estimate of drug-likeness (QED) is 0.560. The van der Waals surface area contributed by atoms with Crippen molar-refractivity contribution in [3.8, 4) is 11.5 Å². The van der Waals surface area contributed by atoms with Gasteiger partial charge in [0.1, 0.15) is 6.10 Å². The SMILES string of the molecule is COc1ccc2c(c1OC)C[C@H](C1CCN(CCc3ccccc3)CC1)O[C@@H]2CNC=O.Cl. The average Bonchev–Trinajstić information content (AvgIpc) is 2.86. The van der Waals surface area contributed by atoms with Crippen LogP contribution in [0.3, 0.4) is 0 Å². The second-order valence-corrected chi connectivity index (χ2v) is 8.68. The van der Waals surface area contributed by atoms with Crippen LogP contribution in [0.25, 0.3) is 0 Å². The van der Waals surface area contributed by atoms with Crippen molar-refractivity contribution >= 4 is 18.8 Å². The minimum atomic E-state index is -0.176. The molecule has 6 nitrogen and oxygen atoms in total. The fraction of sp³-hybridized carbons (Fsp3) is 0.500. The van der Waals surface area contributed by atoms with E-state index >= 15 is 0 Å². The van der Waals surface area contributed by atoms with E-state index in [0.717, 1.165) is 74.4 Å². The van der Waals surface area contributed by atoms with Crippen LogP contribution in [0.15, 0.2) is 42.5 Å². The summed E-state index contributed by atoms with van der Waals surface area (Å²) in [5, 5.41) is 2.80. The van der Waals surface area contributed by atoms with Crippen molar-refractivity contribution in [1.29, 1.82) is 0 Å². The molecular formula is C26H35ClN2O4. The van der Waals surface area contributed by atoms with Crippen molar-refractivity contribution in [2.75, 3.05) is 40.4 Å². The van der Waals surface area contributed by atoms with E-state index in [2.05, 4.69) is 40.5 Å². The van der Waals surface area contributed by atoms with E-state index in [4.69, 9.17) is 14.2 Å². The van der Waals surface area contributed by atoms with E-state index in [1.807, 2.05) is 12.1 Å². The molecule has 0 aromatic heterocycles. The van der Waals surface area contributed by atoms with Crippen molar-refractivity contribution in [3.63, 3.8) is 0 Å². The Labute approximate surface area is 203 Å². The fourth-order valence-corrected chi connectivity index (χ4v) is 5.12. The molecule has 1 saturated heterocycles. The minimum Gasteiger partial charge on any atom is -0.493 e. The van der Waals surface area contributed by atoms with Gasteiger partial charge >= 0.3 is 0 Å². The van der Waals surface area contributed by atoms with E-state index in [9.17, 15) is 4.79 Å². The Morgan fingerprint density at radius 2 is 1.85 bits per heavy atom. The van der Waals surface area contributed by atoms with Crippen molar-refractivity contribution in [2.24, 2.45) is 5.92 Å². The highest BCUT2D eigenvalue weighted by Gasteiger charge is 2.36. The lowest BCUT2D eigenvalue weighted by Crippen LogP contribution is -2.43. The predicted molar refractivity (Wildman–Crippen MR) is 131 cm³/mol. The minimum absolute atomic E-state index is 0. The molecule has 0 aliphatic carbocycles. The number of methoxy groups -OCH3 is 2. The Morgan fingerprint density at radius 1 is 1.09 bits per heavy atom. The van der Waals surface area contributed by atoms with Crippen LogP contribution in [-0.4, -0.2) is 57.8 Å². The number of nitrogens with zero attached hydrogens (tertiary/aromatic N) is 1. The zero-order valence-corrected chi connectivity index (χ0v) is 20.3. The second-order valence-electron chi connectivity index (χ2n) is 8.68. The van der Waals surface area contributed by atoms with E-state index in [-0.39, 0.29) is 24.6 Å². The third kappa shape index (κ3) is 5.99. The van der Waals surface area contributed by atoms with Crippen LogP contribution in [0.5, 0.6) is 11.5 Å². The topological polar surface area (TPSA) is 60.0 Å². The molecule has 2 atom stereocenters. The monoisotopic (exact) mass is 474 g/mol. The lowest BCUT2D eigenvalue weighted by molar-refractivity contribution is -0.111. The van der Waals surface area contributed by atoms with Crippen LogP contribution in [0, 0.1) is 5.92 Å². The zero-order chi connectivity index (χ0) is 22.3. The number of hydrogen-bond acceptors (Lipinski definition) is 5. The van der Waals surface area contributed by atoms with Gasteiger partial charge in [-0.25, -0.2) is 0 Å². The van der Waals surface area contributed by atoms with Gasteiger partial charge in [0.15, 0.2) is 11.5 Å². The largest absolute Gasteiger partial charge is 0.493 e. The highest BCUT2D eigenvalue weighted by atomic mass is 35.5. The van der Waals surface area contributed by atoms with Gasteiger partial charge < -0.3 is 24.4 Å². The Balaban J connectivity index is 0.00000306. The molecule has 0 bridgehead atoms. The number of carbonyl (C=O) groups excluding carboxylic acids is 1. The number of nitrogens with one attached hydrogen (secondary N) is 1. The van der Waals surface area contributed by atoms with Crippen LogP contribution in [0.1, 0.15) is 35.6 Å². The van der Waals surface area contributed by atoms with Gasteiger partial charge in [-0.3, -0.25) is 4.79 Å². The molecule has 2 aliphatic rings. The van der Waals surface area contributed by atoms with Crippen molar-refractivity contribution in [1.82, 2.24) is 10.2 Å². The van der Waals surface area contributed by atoms with Gasteiger partial charge in [0.2, 0.25) is 6.41 Å². The molecule has 1 amide bonds. The molecule has 2 aromatic carbocycles. The molecule has 1 fully saturated rings. The number of piperidine rings is 1. The first-order valence-corrected chi connectivity index (χ1v) is 11.6. The summed E-state index contributed by atoms with van der Waals surface area (Å²) in [5.74, 6) is 2.02. The van der Waals surface area contributed by atoms with Gasteiger partial charge in [0, 0.05) is 25.1 Å². The summed E-state index contributed by atoms with van der Waals surface area (Å²) in [5.41, 5.74) is 3.62. The molecule has 2 heterocycles. The van der Waals surface area contributed by atoms with Crippen LogP contribution in [0.2, 0.25) is 0 Å². The first-order chi connectivity index (χ1) is 15.7. The Hall–Kier alpha value is -2.28. The number of ether oxygens (including phenoxy) is 3. The number of rotatable bonds is 9. The lowest BCUT2D eigenvalue weighted by atomic mass is 9.83. The zero-order valence-electron chi connectivity index (χ0n) is 19.5. The molecule has 2 aromatic rings. The fourth-order valence-electron chi connectivity index (χ4n) is 5.12. The maximum absolute atomic E-state index is 10.9. The second kappa shape index (κ2) is 12.3. The van der Waals surface area contributed by atoms with Crippen molar-refractivity contribution < 1.29 is 19.0 Å². The summed E-state index contributed by atoms with van der Waals surface area (Å²) in [6, 6.07) is 14.7. The first-order valence-electron chi connectivity index (χ1n) is 11.6. The smallest absolute Gasteiger partial charge is 0.207 e. The highest BCUT2D eigenvalue weighted by Crippen LogP contribution is 2.43. The van der Waals surface area contributed by atoms with Gasteiger partial charge in [0.05, 0.1) is 20.3 Å². The van der Waals surface area contributed by atoms with Crippen LogP contribution in [0.4, 0.5) is 0 Å². The van der Waals surface area contributed by atoms with Crippen molar-refractivity contribution in [2.45, 2.75) is 37.9 Å². The Morgan fingerprint density at radius 3 is 2.52 bits per heavy atom. The van der Waals surface area contributed by atoms with E-state index in [1.165, 1.54) is 5.56 Å². The normalized spacial score (nSPS) is 20.9. The number of hydrogen-bond donors (Lipinski definition) is 1. The third-order valence-electron chi connectivity index (χ3n) is 6.88. The number of likely N-dealkylation sites (tertiary alicyclic amines) is 1. The van der Waals surface area contributed by atoms with Gasteiger partial charge in [-0.15, -0.1) is 12.4 Å². The molecule has 1 N–H and O–H groups in total. The molecule has 0 spiro atoms. The average molecular weight is 475 g/mol. The van der Waals surface area contributed by atoms with Crippen molar-refractivity contribution in [3.05, 3.63) is 59.2 Å². The van der Waals surface area contributed by atoms with Crippen LogP contribution < -0.4 is 14.8 Å². The maximum Gasteiger partial charge on any atom is 0.207 e. The summed E-state index contributed by atoms with van der Waals surface area (Å²) in [4.78, 5) is 13.5. The number of amides is 1. The molecule has 180 valence electrons. The molecule has 0 unspecified atom stereocenters. The summed E-state index contributed by atoms with van der Waals surface area (Å²) >= 11 is 0. The van der Waals surface area contributed by atoms with Gasteiger partial charge in [-0.2, -0.15) is 0 Å². The molecule has 7 heteroatoms. The number of benzene rings is 2. The Bertz CT molecular complexity index is 887. The third-order valence-corrected chi connectivity index (χ3v) is 6.88. The van der Waals surface area contributed by atoms with E-state index < -0.39 is 0 Å². The summed E-state index contributed by atoms with van der Waals surface area (Å²) in [7, 11) is 3.35. The number of fused-ring (bicyclic) bond motifs is 1. The first kappa shape index (κ1) is 25.3. The summed E-state index contributed by atoms with van der Waals surface area (Å²) in [6.45, 7) is 3.74. The van der Waals surface area contributed by atoms with Crippen LogP contribution >= 0.6 is 12.4 Å². The van der Waals surface area contributed by atoms with E-state index in [1.54, 1.807) is 14.2 Å². The van der Waals surface area contributed by atoms with Crippen LogP contribution in [-0.2, 0) is 22.4 Å². The molecule has 2 aliphatic heterocycles. The summed E-state index contributed by atoms with van der Waals surface area (Å²) in [6.07, 6.45) is 4.81.